The van der Waals surface area contributed by atoms with Gasteiger partial charge in [0.1, 0.15) is 5.82 Å². The lowest BCUT2D eigenvalue weighted by atomic mass is 9.96. The summed E-state index contributed by atoms with van der Waals surface area (Å²) >= 11 is 0. The number of piperidine rings is 1. The van der Waals surface area contributed by atoms with Crippen LogP contribution < -0.4 is 4.90 Å². The molecular formula is C16H24F3N3O. The summed E-state index contributed by atoms with van der Waals surface area (Å²) in [5.41, 5.74) is -0.707. The molecule has 1 aromatic heterocycles. The molecule has 0 aliphatic carbocycles. The van der Waals surface area contributed by atoms with Gasteiger partial charge in [0.05, 0.1) is 12.2 Å². The predicted molar refractivity (Wildman–Crippen MR) is 83.5 cm³/mol. The number of halogens is 3. The lowest BCUT2D eigenvalue weighted by Gasteiger charge is -2.34. The molecule has 23 heavy (non-hydrogen) atoms. The van der Waals surface area contributed by atoms with Crippen molar-refractivity contribution in [3.05, 3.63) is 23.9 Å². The Morgan fingerprint density at radius 3 is 2.52 bits per heavy atom. The van der Waals surface area contributed by atoms with Crippen LogP contribution in [-0.4, -0.2) is 56.8 Å². The van der Waals surface area contributed by atoms with Crippen molar-refractivity contribution in [2.24, 2.45) is 5.92 Å². The molecule has 1 aliphatic rings. The van der Waals surface area contributed by atoms with Crippen molar-refractivity contribution < 1.29 is 17.9 Å². The minimum absolute atomic E-state index is 0.544. The highest BCUT2D eigenvalue weighted by atomic mass is 19.4. The molecule has 4 nitrogen and oxygen atoms in total. The van der Waals surface area contributed by atoms with E-state index in [1.165, 1.54) is 6.07 Å². The van der Waals surface area contributed by atoms with Crippen LogP contribution in [0.2, 0.25) is 0 Å². The van der Waals surface area contributed by atoms with Crippen LogP contribution in [0.4, 0.5) is 19.0 Å². The van der Waals surface area contributed by atoms with E-state index in [0.29, 0.717) is 11.7 Å². The summed E-state index contributed by atoms with van der Waals surface area (Å²) in [6.07, 6.45) is -1.25. The number of aromatic nitrogens is 1. The quantitative estimate of drug-likeness (QED) is 0.801. The Balaban J connectivity index is 1.82. The van der Waals surface area contributed by atoms with Crippen molar-refractivity contribution in [1.29, 1.82) is 0 Å². The van der Waals surface area contributed by atoms with E-state index < -0.39 is 11.7 Å². The van der Waals surface area contributed by atoms with Gasteiger partial charge in [-0.2, -0.15) is 13.2 Å². The van der Waals surface area contributed by atoms with Gasteiger partial charge in [-0.05, 0) is 44.0 Å². The van der Waals surface area contributed by atoms with E-state index in [9.17, 15) is 13.2 Å². The molecule has 1 fully saturated rings. The Bertz CT molecular complexity index is 470. The number of rotatable bonds is 6. The zero-order valence-electron chi connectivity index (χ0n) is 13.6. The van der Waals surface area contributed by atoms with Gasteiger partial charge < -0.3 is 14.5 Å². The maximum absolute atomic E-state index is 12.6. The van der Waals surface area contributed by atoms with Gasteiger partial charge in [0.15, 0.2) is 0 Å². The zero-order chi connectivity index (χ0) is 16.9. The van der Waals surface area contributed by atoms with Crippen molar-refractivity contribution in [2.75, 3.05) is 51.8 Å². The molecular weight excluding hydrogens is 307 g/mol. The molecule has 0 atom stereocenters. The molecule has 2 heterocycles. The number of hydrogen-bond acceptors (Lipinski definition) is 4. The fraction of sp³-hybridized carbons (Fsp3) is 0.688. The second kappa shape index (κ2) is 7.97. The minimum Gasteiger partial charge on any atom is -0.383 e. The van der Waals surface area contributed by atoms with Crippen LogP contribution in [0, 0.1) is 5.92 Å². The first kappa shape index (κ1) is 18.0. The molecule has 130 valence electrons. The van der Waals surface area contributed by atoms with Crippen LogP contribution in [0.3, 0.4) is 0 Å². The second-order valence-corrected chi connectivity index (χ2v) is 6.06. The van der Waals surface area contributed by atoms with Gasteiger partial charge >= 0.3 is 6.18 Å². The standard InChI is InChI=1S/C16H24F3N3O/c1-21(15-4-3-14(11-20-15)16(17,18)19)12-13-5-7-22(8-6-13)9-10-23-2/h3-4,11,13H,5-10,12H2,1-2H3. The van der Waals surface area contributed by atoms with Crippen LogP contribution in [0.1, 0.15) is 18.4 Å². The van der Waals surface area contributed by atoms with Gasteiger partial charge in [-0.3, -0.25) is 0 Å². The molecule has 0 saturated carbocycles. The zero-order valence-corrected chi connectivity index (χ0v) is 13.6. The van der Waals surface area contributed by atoms with Gasteiger partial charge in [0, 0.05) is 33.4 Å². The van der Waals surface area contributed by atoms with Crippen LogP contribution in [0.5, 0.6) is 0 Å². The number of anilines is 1. The molecule has 7 heteroatoms. The van der Waals surface area contributed by atoms with Crippen molar-refractivity contribution in [2.45, 2.75) is 19.0 Å². The maximum atomic E-state index is 12.6. The molecule has 1 saturated heterocycles. The second-order valence-electron chi connectivity index (χ2n) is 6.06. The fourth-order valence-electron chi connectivity index (χ4n) is 2.87. The van der Waals surface area contributed by atoms with Crippen molar-refractivity contribution in [3.63, 3.8) is 0 Å². The molecule has 0 unspecified atom stereocenters. The molecule has 0 N–H and O–H groups in total. The van der Waals surface area contributed by atoms with Crippen molar-refractivity contribution >= 4 is 5.82 Å². The molecule has 1 aromatic rings. The smallest absolute Gasteiger partial charge is 0.383 e. The Kier molecular flexibility index (Phi) is 6.24. The van der Waals surface area contributed by atoms with Crippen LogP contribution >= 0.6 is 0 Å². The molecule has 0 aromatic carbocycles. The molecule has 2 rings (SSSR count). The summed E-state index contributed by atoms with van der Waals surface area (Å²) in [4.78, 5) is 8.27. The van der Waals surface area contributed by atoms with E-state index in [-0.39, 0.29) is 0 Å². The topological polar surface area (TPSA) is 28.6 Å². The summed E-state index contributed by atoms with van der Waals surface area (Å²) in [6.45, 7) is 4.61. The van der Waals surface area contributed by atoms with Crippen molar-refractivity contribution in [1.82, 2.24) is 9.88 Å². The summed E-state index contributed by atoms with van der Waals surface area (Å²) in [5, 5.41) is 0. The van der Waals surface area contributed by atoms with Gasteiger partial charge in [-0.15, -0.1) is 0 Å². The monoisotopic (exact) mass is 331 g/mol. The molecule has 0 amide bonds. The highest BCUT2D eigenvalue weighted by Crippen LogP contribution is 2.29. The minimum atomic E-state index is -4.33. The summed E-state index contributed by atoms with van der Waals surface area (Å²) in [5.74, 6) is 1.13. The average Bonchev–Trinajstić information content (AvgIpc) is 2.53. The van der Waals surface area contributed by atoms with Gasteiger partial charge in [-0.25, -0.2) is 4.98 Å². The number of methoxy groups -OCH3 is 1. The lowest BCUT2D eigenvalue weighted by molar-refractivity contribution is -0.137. The number of hydrogen-bond donors (Lipinski definition) is 0. The number of nitrogens with zero attached hydrogens (tertiary/aromatic N) is 3. The van der Waals surface area contributed by atoms with Crippen LogP contribution in [0.15, 0.2) is 18.3 Å². The van der Waals surface area contributed by atoms with E-state index in [1.54, 1.807) is 7.11 Å². The first-order valence-corrected chi connectivity index (χ1v) is 7.86. The number of alkyl halides is 3. The number of ether oxygens (including phenoxy) is 1. The molecule has 1 aliphatic heterocycles. The van der Waals surface area contributed by atoms with Crippen LogP contribution in [-0.2, 0) is 10.9 Å². The Hall–Kier alpha value is -1.34. The van der Waals surface area contributed by atoms with Gasteiger partial charge in [0.2, 0.25) is 0 Å². The third-order valence-electron chi connectivity index (χ3n) is 4.32. The average molecular weight is 331 g/mol. The largest absolute Gasteiger partial charge is 0.417 e. The predicted octanol–water partition coefficient (Wildman–Crippen LogP) is 2.90. The SMILES string of the molecule is COCCN1CCC(CN(C)c2ccc(C(F)(F)F)cn2)CC1. The van der Waals surface area contributed by atoms with E-state index in [0.717, 1.165) is 57.9 Å². The normalized spacial score (nSPS) is 17.4. The Labute approximate surface area is 135 Å². The summed E-state index contributed by atoms with van der Waals surface area (Å²) in [6, 6.07) is 2.53. The van der Waals surface area contributed by atoms with Gasteiger partial charge in [-0.1, -0.05) is 0 Å². The van der Waals surface area contributed by atoms with E-state index >= 15 is 0 Å². The third-order valence-corrected chi connectivity index (χ3v) is 4.32. The van der Waals surface area contributed by atoms with E-state index in [1.807, 2.05) is 11.9 Å². The highest BCUT2D eigenvalue weighted by Gasteiger charge is 2.30. The molecule has 0 spiro atoms. The number of pyridine rings is 1. The third kappa shape index (κ3) is 5.35. The summed E-state index contributed by atoms with van der Waals surface area (Å²) in [7, 11) is 3.59. The number of likely N-dealkylation sites (tertiary alicyclic amines) is 1. The maximum Gasteiger partial charge on any atom is 0.417 e. The summed E-state index contributed by atoms with van der Waals surface area (Å²) < 4.78 is 42.7. The van der Waals surface area contributed by atoms with Crippen molar-refractivity contribution in [3.8, 4) is 0 Å². The Morgan fingerprint density at radius 2 is 2.00 bits per heavy atom. The van der Waals surface area contributed by atoms with Crippen LogP contribution in [0.25, 0.3) is 0 Å². The van der Waals surface area contributed by atoms with E-state index in [2.05, 4.69) is 9.88 Å². The van der Waals surface area contributed by atoms with Gasteiger partial charge in [0.25, 0.3) is 0 Å². The Morgan fingerprint density at radius 1 is 1.30 bits per heavy atom. The first-order chi connectivity index (χ1) is 10.9. The molecule has 0 bridgehead atoms. The molecule has 0 radical (unpaired) electrons. The highest BCUT2D eigenvalue weighted by molar-refractivity contribution is 5.38. The lowest BCUT2D eigenvalue weighted by Crippen LogP contribution is -2.39. The fourth-order valence-corrected chi connectivity index (χ4v) is 2.87. The van der Waals surface area contributed by atoms with E-state index in [4.69, 9.17) is 4.74 Å². The first-order valence-electron chi connectivity index (χ1n) is 7.86.